The second kappa shape index (κ2) is 6.68. The Hall–Kier alpha value is -1.65. The molecule has 0 aromatic heterocycles. The van der Waals surface area contributed by atoms with Gasteiger partial charge in [0.25, 0.3) is 0 Å². The van der Waals surface area contributed by atoms with E-state index in [1.165, 1.54) is 6.92 Å². The number of carbonyl (C=O) groups is 1. The largest absolute Gasteiger partial charge is 0.457 e. The van der Waals surface area contributed by atoms with Gasteiger partial charge in [-0.1, -0.05) is 28.1 Å². The zero-order valence-corrected chi connectivity index (χ0v) is 12.7. The summed E-state index contributed by atoms with van der Waals surface area (Å²) in [6.07, 6.45) is 0.622. The van der Waals surface area contributed by atoms with Crippen molar-refractivity contribution in [3.63, 3.8) is 0 Å². The standard InChI is InChI=1S/C16H15BrO3/c1-11(19)15-10-13(17)4-7-16(15)20-14-5-2-12(3-6-14)8-9-18/h2-7,10,18H,8-9H2,1H3. The van der Waals surface area contributed by atoms with Crippen LogP contribution in [0.15, 0.2) is 46.9 Å². The average molecular weight is 335 g/mol. The number of rotatable bonds is 5. The number of hydrogen-bond donors (Lipinski definition) is 1. The van der Waals surface area contributed by atoms with E-state index >= 15 is 0 Å². The van der Waals surface area contributed by atoms with E-state index < -0.39 is 0 Å². The number of halogens is 1. The summed E-state index contributed by atoms with van der Waals surface area (Å²) in [5.41, 5.74) is 1.58. The quantitative estimate of drug-likeness (QED) is 0.841. The Morgan fingerprint density at radius 1 is 1.20 bits per heavy atom. The lowest BCUT2D eigenvalue weighted by Crippen LogP contribution is -1.97. The van der Waals surface area contributed by atoms with Crippen LogP contribution in [0.25, 0.3) is 0 Å². The Morgan fingerprint density at radius 3 is 2.50 bits per heavy atom. The van der Waals surface area contributed by atoms with Crippen molar-refractivity contribution >= 4 is 21.7 Å². The molecule has 104 valence electrons. The van der Waals surface area contributed by atoms with E-state index in [9.17, 15) is 4.79 Å². The SMILES string of the molecule is CC(=O)c1cc(Br)ccc1Oc1ccc(CCO)cc1. The zero-order valence-electron chi connectivity index (χ0n) is 11.1. The van der Waals surface area contributed by atoms with Crippen molar-refractivity contribution in [2.24, 2.45) is 0 Å². The fourth-order valence-corrected chi connectivity index (χ4v) is 2.21. The number of hydrogen-bond acceptors (Lipinski definition) is 3. The number of ether oxygens (including phenoxy) is 1. The van der Waals surface area contributed by atoms with Crippen LogP contribution < -0.4 is 4.74 Å². The summed E-state index contributed by atoms with van der Waals surface area (Å²) in [7, 11) is 0. The van der Waals surface area contributed by atoms with Crippen LogP contribution in [0.3, 0.4) is 0 Å². The first-order chi connectivity index (χ1) is 9.60. The summed E-state index contributed by atoms with van der Waals surface area (Å²) >= 11 is 3.35. The molecule has 0 aliphatic carbocycles. The molecule has 0 bridgehead atoms. The van der Waals surface area contributed by atoms with Gasteiger partial charge in [0, 0.05) is 11.1 Å². The first-order valence-electron chi connectivity index (χ1n) is 6.28. The molecule has 0 heterocycles. The van der Waals surface area contributed by atoms with Gasteiger partial charge in [-0.2, -0.15) is 0 Å². The van der Waals surface area contributed by atoms with Crippen LogP contribution in [0.4, 0.5) is 0 Å². The van der Waals surface area contributed by atoms with Gasteiger partial charge in [-0.05, 0) is 49.2 Å². The Balaban J connectivity index is 2.23. The first-order valence-corrected chi connectivity index (χ1v) is 7.07. The summed E-state index contributed by atoms with van der Waals surface area (Å²) in [6, 6.07) is 12.8. The Morgan fingerprint density at radius 2 is 1.90 bits per heavy atom. The van der Waals surface area contributed by atoms with Gasteiger partial charge >= 0.3 is 0 Å². The van der Waals surface area contributed by atoms with Gasteiger partial charge in [0.1, 0.15) is 11.5 Å². The van der Waals surface area contributed by atoms with E-state index in [2.05, 4.69) is 15.9 Å². The smallest absolute Gasteiger partial charge is 0.163 e. The number of Topliss-reactive ketones (excluding diaryl/α,β-unsaturated/α-hetero) is 1. The average Bonchev–Trinajstić information content (AvgIpc) is 2.43. The fourth-order valence-electron chi connectivity index (χ4n) is 1.85. The van der Waals surface area contributed by atoms with Crippen LogP contribution in [-0.4, -0.2) is 17.5 Å². The van der Waals surface area contributed by atoms with Crippen LogP contribution in [-0.2, 0) is 6.42 Å². The third-order valence-electron chi connectivity index (χ3n) is 2.87. The molecule has 2 aromatic carbocycles. The van der Waals surface area contributed by atoms with Crippen molar-refractivity contribution in [2.75, 3.05) is 6.61 Å². The van der Waals surface area contributed by atoms with Gasteiger partial charge in [0.15, 0.2) is 5.78 Å². The highest BCUT2D eigenvalue weighted by Gasteiger charge is 2.10. The van der Waals surface area contributed by atoms with Gasteiger partial charge in [0.2, 0.25) is 0 Å². The topological polar surface area (TPSA) is 46.5 Å². The molecule has 1 N–H and O–H groups in total. The predicted octanol–water partition coefficient (Wildman–Crippen LogP) is 3.98. The van der Waals surface area contributed by atoms with Crippen LogP contribution in [0.2, 0.25) is 0 Å². The summed E-state index contributed by atoms with van der Waals surface area (Å²) < 4.78 is 6.60. The third-order valence-corrected chi connectivity index (χ3v) is 3.37. The van der Waals surface area contributed by atoms with E-state index in [4.69, 9.17) is 9.84 Å². The lowest BCUT2D eigenvalue weighted by molar-refractivity contribution is 0.101. The van der Waals surface area contributed by atoms with E-state index in [0.29, 0.717) is 23.5 Å². The van der Waals surface area contributed by atoms with Crippen molar-refractivity contribution in [3.8, 4) is 11.5 Å². The van der Waals surface area contributed by atoms with Crippen molar-refractivity contribution in [1.82, 2.24) is 0 Å². The molecule has 4 heteroatoms. The number of aliphatic hydroxyl groups excluding tert-OH is 1. The monoisotopic (exact) mass is 334 g/mol. The zero-order chi connectivity index (χ0) is 14.5. The lowest BCUT2D eigenvalue weighted by atomic mass is 10.1. The van der Waals surface area contributed by atoms with Gasteiger partial charge in [-0.15, -0.1) is 0 Å². The van der Waals surface area contributed by atoms with Crippen molar-refractivity contribution < 1.29 is 14.6 Å². The maximum Gasteiger partial charge on any atom is 0.163 e. The highest BCUT2D eigenvalue weighted by Crippen LogP contribution is 2.28. The minimum atomic E-state index is -0.0433. The van der Waals surface area contributed by atoms with Crippen LogP contribution in [0, 0.1) is 0 Å². The maximum atomic E-state index is 11.6. The molecular formula is C16H15BrO3. The maximum absolute atomic E-state index is 11.6. The summed E-state index contributed by atoms with van der Waals surface area (Å²) in [6.45, 7) is 1.64. The first kappa shape index (κ1) is 14.8. The normalized spacial score (nSPS) is 10.3. The molecule has 2 aromatic rings. The fraction of sp³-hybridized carbons (Fsp3) is 0.188. The van der Waals surface area contributed by atoms with Crippen molar-refractivity contribution in [2.45, 2.75) is 13.3 Å². The summed E-state index contributed by atoms with van der Waals surface area (Å²) in [5.74, 6) is 1.16. The molecule has 0 radical (unpaired) electrons. The molecule has 2 rings (SSSR count). The van der Waals surface area contributed by atoms with Gasteiger partial charge in [-0.3, -0.25) is 4.79 Å². The molecule has 0 saturated heterocycles. The number of carbonyl (C=O) groups excluding carboxylic acids is 1. The summed E-state index contributed by atoms with van der Waals surface area (Å²) in [4.78, 5) is 11.6. The number of benzene rings is 2. The lowest BCUT2D eigenvalue weighted by Gasteiger charge is -2.10. The highest BCUT2D eigenvalue weighted by molar-refractivity contribution is 9.10. The molecule has 0 aliphatic heterocycles. The second-order valence-corrected chi connectivity index (χ2v) is 5.33. The molecule has 0 fully saturated rings. The van der Waals surface area contributed by atoms with Crippen molar-refractivity contribution in [1.29, 1.82) is 0 Å². The highest BCUT2D eigenvalue weighted by atomic mass is 79.9. The molecule has 20 heavy (non-hydrogen) atoms. The molecule has 0 aliphatic rings. The molecule has 0 unspecified atom stereocenters. The van der Waals surface area contributed by atoms with Crippen LogP contribution in [0.1, 0.15) is 22.8 Å². The molecular weight excluding hydrogens is 320 g/mol. The Kier molecular flexibility index (Phi) is 4.93. The molecule has 0 spiro atoms. The Labute approximate surface area is 126 Å². The van der Waals surface area contributed by atoms with E-state index in [0.717, 1.165) is 10.0 Å². The van der Waals surface area contributed by atoms with E-state index in [-0.39, 0.29) is 12.4 Å². The number of aliphatic hydroxyl groups is 1. The predicted molar refractivity (Wildman–Crippen MR) is 81.5 cm³/mol. The van der Waals surface area contributed by atoms with Crippen molar-refractivity contribution in [3.05, 3.63) is 58.1 Å². The minimum absolute atomic E-state index is 0.0433. The summed E-state index contributed by atoms with van der Waals surface area (Å²) in [5, 5.41) is 8.87. The minimum Gasteiger partial charge on any atom is -0.457 e. The van der Waals surface area contributed by atoms with Crippen LogP contribution in [0.5, 0.6) is 11.5 Å². The van der Waals surface area contributed by atoms with E-state index in [1.54, 1.807) is 12.1 Å². The molecule has 0 atom stereocenters. The molecule has 3 nitrogen and oxygen atoms in total. The van der Waals surface area contributed by atoms with E-state index in [1.807, 2.05) is 30.3 Å². The number of ketones is 1. The van der Waals surface area contributed by atoms with Crippen LogP contribution >= 0.6 is 15.9 Å². The van der Waals surface area contributed by atoms with Gasteiger partial charge in [-0.25, -0.2) is 0 Å². The third kappa shape index (κ3) is 3.68. The molecule has 0 amide bonds. The van der Waals surface area contributed by atoms with Gasteiger partial charge in [0.05, 0.1) is 5.56 Å². The Bertz CT molecular complexity index is 606. The second-order valence-electron chi connectivity index (χ2n) is 4.42. The van der Waals surface area contributed by atoms with Gasteiger partial charge < -0.3 is 9.84 Å². The molecule has 0 saturated carbocycles.